The van der Waals surface area contributed by atoms with Crippen molar-refractivity contribution in [2.75, 3.05) is 6.54 Å². The van der Waals surface area contributed by atoms with E-state index in [9.17, 15) is 0 Å². The lowest BCUT2D eigenvalue weighted by atomic mass is 9.79. The molecule has 0 fully saturated rings. The van der Waals surface area contributed by atoms with E-state index in [1.54, 1.807) is 0 Å². The maximum absolute atomic E-state index is 4.12. The standard InChI is InChI=1S/C6H13BN/c1-3-5-8-6-4-7-2/h6H,3-5H2,1-2H3. The molecule has 8 heavy (non-hydrogen) atoms. The van der Waals surface area contributed by atoms with E-state index in [-0.39, 0.29) is 0 Å². The largest absolute Gasteiger partial charge is 0.298 e. The highest BCUT2D eigenvalue weighted by atomic mass is 14.7. The maximum atomic E-state index is 4.12. The average molecular weight is 110 g/mol. The van der Waals surface area contributed by atoms with Gasteiger partial charge in [-0.15, -0.1) is 0 Å². The molecular formula is C6H13BN. The summed E-state index contributed by atoms with van der Waals surface area (Å²) in [5, 5.41) is 0. The zero-order valence-corrected chi connectivity index (χ0v) is 5.72. The molecule has 0 amide bonds. The summed E-state index contributed by atoms with van der Waals surface area (Å²) in [7, 11) is 2.10. The summed E-state index contributed by atoms with van der Waals surface area (Å²) in [4.78, 5) is 4.12. The van der Waals surface area contributed by atoms with Gasteiger partial charge in [0.15, 0.2) is 0 Å². The summed E-state index contributed by atoms with van der Waals surface area (Å²) in [5.74, 6) is 0. The van der Waals surface area contributed by atoms with Gasteiger partial charge in [0.2, 0.25) is 0 Å². The Kier molecular flexibility index (Phi) is 6.51. The van der Waals surface area contributed by atoms with Crippen LogP contribution >= 0.6 is 0 Å². The zero-order valence-electron chi connectivity index (χ0n) is 5.72. The molecule has 0 unspecified atom stereocenters. The highest BCUT2D eigenvalue weighted by Gasteiger charge is 1.74. The van der Waals surface area contributed by atoms with Crippen LogP contribution in [-0.2, 0) is 0 Å². The van der Waals surface area contributed by atoms with Crippen molar-refractivity contribution in [1.82, 2.24) is 0 Å². The van der Waals surface area contributed by atoms with Crippen molar-refractivity contribution in [2.45, 2.75) is 26.5 Å². The van der Waals surface area contributed by atoms with E-state index < -0.39 is 0 Å². The number of aliphatic imine (C=N–C) groups is 1. The van der Waals surface area contributed by atoms with Crippen LogP contribution in [0.4, 0.5) is 0 Å². The molecule has 0 atom stereocenters. The fourth-order valence-electron chi connectivity index (χ4n) is 0.400. The molecule has 0 saturated carbocycles. The van der Waals surface area contributed by atoms with Gasteiger partial charge < -0.3 is 0 Å². The molecule has 0 aromatic carbocycles. The zero-order chi connectivity index (χ0) is 6.24. The molecule has 2 heteroatoms. The van der Waals surface area contributed by atoms with Crippen molar-refractivity contribution >= 4 is 13.5 Å². The molecule has 0 spiro atoms. The van der Waals surface area contributed by atoms with Crippen LogP contribution in [0.3, 0.4) is 0 Å². The highest BCUT2D eigenvalue weighted by molar-refractivity contribution is 6.38. The van der Waals surface area contributed by atoms with Gasteiger partial charge in [-0.05, 0) is 19.0 Å². The predicted molar refractivity (Wildman–Crippen MR) is 40.1 cm³/mol. The van der Waals surface area contributed by atoms with Crippen molar-refractivity contribution in [3.8, 4) is 0 Å². The first-order valence-electron chi connectivity index (χ1n) is 3.18. The van der Waals surface area contributed by atoms with Crippen LogP contribution < -0.4 is 0 Å². The first-order valence-corrected chi connectivity index (χ1v) is 3.18. The molecule has 0 aliphatic heterocycles. The summed E-state index contributed by atoms with van der Waals surface area (Å²) >= 11 is 0. The van der Waals surface area contributed by atoms with Gasteiger partial charge in [0.25, 0.3) is 0 Å². The Labute approximate surface area is 52.4 Å². The third-order valence-electron chi connectivity index (χ3n) is 0.823. The van der Waals surface area contributed by atoms with Crippen molar-refractivity contribution < 1.29 is 0 Å². The second-order valence-electron chi connectivity index (χ2n) is 1.73. The molecular weight excluding hydrogens is 96.9 g/mol. The topological polar surface area (TPSA) is 12.4 Å². The smallest absolute Gasteiger partial charge is 0.112 e. The molecule has 0 rings (SSSR count). The van der Waals surface area contributed by atoms with Crippen LogP contribution in [0, 0.1) is 0 Å². The average Bonchev–Trinajstić information content (AvgIpc) is 1.81. The SMILES string of the molecule is C[B]CC=NCCC. The molecule has 0 heterocycles. The minimum Gasteiger partial charge on any atom is -0.298 e. The Bertz CT molecular complexity index is 53.5. The molecule has 1 radical (unpaired) electrons. The van der Waals surface area contributed by atoms with Gasteiger partial charge in [0.1, 0.15) is 7.28 Å². The van der Waals surface area contributed by atoms with E-state index in [0.29, 0.717) is 0 Å². The van der Waals surface area contributed by atoms with Gasteiger partial charge in [0.05, 0.1) is 0 Å². The normalized spacial score (nSPS) is 10.2. The van der Waals surface area contributed by atoms with Gasteiger partial charge in [-0.1, -0.05) is 13.7 Å². The van der Waals surface area contributed by atoms with Gasteiger partial charge in [-0.3, -0.25) is 4.99 Å². The van der Waals surface area contributed by atoms with Gasteiger partial charge in [0, 0.05) is 6.54 Å². The summed E-state index contributed by atoms with van der Waals surface area (Å²) in [6.07, 6.45) is 4.13. The summed E-state index contributed by atoms with van der Waals surface area (Å²) in [5.41, 5.74) is 0. The predicted octanol–water partition coefficient (Wildman–Crippen LogP) is 1.64. The van der Waals surface area contributed by atoms with E-state index in [2.05, 4.69) is 19.2 Å². The summed E-state index contributed by atoms with van der Waals surface area (Å²) < 4.78 is 0. The fraction of sp³-hybridized carbons (Fsp3) is 0.833. The lowest BCUT2D eigenvalue weighted by molar-refractivity contribution is 0.936. The van der Waals surface area contributed by atoms with Crippen molar-refractivity contribution in [2.24, 2.45) is 4.99 Å². The molecule has 0 aliphatic rings. The van der Waals surface area contributed by atoms with E-state index >= 15 is 0 Å². The number of hydrogen-bond donors (Lipinski definition) is 0. The van der Waals surface area contributed by atoms with Gasteiger partial charge in [-0.2, -0.15) is 0 Å². The molecule has 0 N–H and O–H groups in total. The summed E-state index contributed by atoms with van der Waals surface area (Å²) in [6, 6.07) is 0. The molecule has 1 nitrogen and oxygen atoms in total. The van der Waals surface area contributed by atoms with E-state index in [4.69, 9.17) is 0 Å². The second kappa shape index (κ2) is 6.73. The van der Waals surface area contributed by atoms with E-state index in [1.807, 2.05) is 13.0 Å². The Morgan fingerprint density at radius 2 is 2.38 bits per heavy atom. The van der Waals surface area contributed by atoms with Crippen molar-refractivity contribution in [1.29, 1.82) is 0 Å². The molecule has 0 saturated heterocycles. The first-order chi connectivity index (χ1) is 3.91. The van der Waals surface area contributed by atoms with Crippen LogP contribution in [-0.4, -0.2) is 20.0 Å². The van der Waals surface area contributed by atoms with Crippen LogP contribution in [0.1, 0.15) is 13.3 Å². The molecule has 0 aromatic rings. The van der Waals surface area contributed by atoms with Crippen LogP contribution in [0.2, 0.25) is 13.1 Å². The van der Waals surface area contributed by atoms with E-state index in [1.165, 1.54) is 0 Å². The molecule has 0 aliphatic carbocycles. The Balaban J connectivity index is 2.83. The summed E-state index contributed by atoms with van der Waals surface area (Å²) in [6.45, 7) is 5.15. The van der Waals surface area contributed by atoms with Crippen LogP contribution in [0.15, 0.2) is 4.99 Å². The highest BCUT2D eigenvalue weighted by Crippen LogP contribution is 1.77. The van der Waals surface area contributed by atoms with Crippen molar-refractivity contribution in [3.63, 3.8) is 0 Å². The maximum Gasteiger partial charge on any atom is 0.112 e. The van der Waals surface area contributed by atoms with E-state index in [0.717, 1.165) is 19.3 Å². The number of rotatable bonds is 4. The van der Waals surface area contributed by atoms with Gasteiger partial charge in [-0.25, -0.2) is 0 Å². The Morgan fingerprint density at radius 3 is 2.88 bits per heavy atom. The van der Waals surface area contributed by atoms with Crippen LogP contribution in [0.25, 0.3) is 0 Å². The number of nitrogens with zero attached hydrogens (tertiary/aromatic N) is 1. The Hall–Kier alpha value is -0.265. The van der Waals surface area contributed by atoms with Crippen molar-refractivity contribution in [3.05, 3.63) is 0 Å². The Morgan fingerprint density at radius 1 is 1.62 bits per heavy atom. The quantitative estimate of drug-likeness (QED) is 0.385. The lowest BCUT2D eigenvalue weighted by Gasteiger charge is -1.83. The first kappa shape index (κ1) is 7.73. The second-order valence-corrected chi connectivity index (χ2v) is 1.73. The third kappa shape index (κ3) is 5.73. The third-order valence-corrected chi connectivity index (χ3v) is 0.823. The molecule has 45 valence electrons. The monoisotopic (exact) mass is 110 g/mol. The van der Waals surface area contributed by atoms with Crippen LogP contribution in [0.5, 0.6) is 0 Å². The molecule has 0 aromatic heterocycles. The fourth-order valence-corrected chi connectivity index (χ4v) is 0.400. The van der Waals surface area contributed by atoms with Gasteiger partial charge >= 0.3 is 0 Å². The lowest BCUT2D eigenvalue weighted by Crippen LogP contribution is -1.82. The molecule has 0 bridgehead atoms. The minimum atomic E-state index is 0.980. The minimum absolute atomic E-state index is 0.980. The number of hydrogen-bond acceptors (Lipinski definition) is 1.